The normalized spacial score (nSPS) is 27.8. The molecule has 4 heterocycles. The molecule has 9 nitrogen and oxygen atoms in total. The number of hydrogen-bond acceptors (Lipinski definition) is 7. The number of amides is 1. The lowest BCUT2D eigenvalue weighted by atomic mass is 9.90. The van der Waals surface area contributed by atoms with Gasteiger partial charge in [0, 0.05) is 49.7 Å². The van der Waals surface area contributed by atoms with Gasteiger partial charge in [0.05, 0.1) is 12.3 Å². The van der Waals surface area contributed by atoms with Gasteiger partial charge in [-0.2, -0.15) is 0 Å². The van der Waals surface area contributed by atoms with Crippen molar-refractivity contribution in [3.63, 3.8) is 0 Å². The molecule has 0 spiro atoms. The summed E-state index contributed by atoms with van der Waals surface area (Å²) in [5.74, 6) is -0.0195. The summed E-state index contributed by atoms with van der Waals surface area (Å²) in [5.41, 5.74) is 0.820. The molecule has 3 fully saturated rings. The highest BCUT2D eigenvalue weighted by atomic mass is 16.6. The number of aromatic nitrogens is 5. The fourth-order valence-electron chi connectivity index (χ4n) is 4.45. The topological polar surface area (TPSA) is 104 Å². The molecule has 2 aliphatic heterocycles. The molecule has 1 amide bonds. The molecule has 29 heavy (non-hydrogen) atoms. The molecule has 1 N–H and O–H groups in total. The minimum absolute atomic E-state index is 0.0195. The van der Waals surface area contributed by atoms with E-state index in [1.54, 1.807) is 12.4 Å². The average Bonchev–Trinajstić information content (AvgIpc) is 3.23. The molecule has 2 unspecified atom stereocenters. The maximum atomic E-state index is 13.1. The van der Waals surface area contributed by atoms with Crippen molar-refractivity contribution >= 4 is 5.91 Å². The Labute approximate surface area is 169 Å². The van der Waals surface area contributed by atoms with Crippen LogP contribution in [0.3, 0.4) is 0 Å². The fraction of sp³-hybridized carbons (Fsp3) is 0.650. The molecule has 154 valence electrons. The number of rotatable bonds is 7. The molecule has 9 heteroatoms. The average molecular weight is 398 g/mol. The Morgan fingerprint density at radius 1 is 1.21 bits per heavy atom. The minimum atomic E-state index is -0.805. The maximum absolute atomic E-state index is 13.1. The van der Waals surface area contributed by atoms with E-state index in [1.807, 2.05) is 10.9 Å². The van der Waals surface area contributed by atoms with Crippen molar-refractivity contribution in [1.29, 1.82) is 0 Å². The standard InChI is InChI=1S/C20H26N6O3/c27-18(20(4-2-8-29-20)17-3-1-7-28-17)23-12-19(5-6-19)13-26-11-16(24-25-26)15-9-21-14-22-10-15/h9-11,14,17H,1-8,12-13H2,(H,23,27). The van der Waals surface area contributed by atoms with Crippen LogP contribution in [0, 0.1) is 5.41 Å². The first-order valence-electron chi connectivity index (χ1n) is 10.4. The van der Waals surface area contributed by atoms with Crippen molar-refractivity contribution in [2.45, 2.75) is 56.8 Å². The summed E-state index contributed by atoms with van der Waals surface area (Å²) in [6, 6.07) is 0. The molecule has 2 aromatic rings. The van der Waals surface area contributed by atoms with Crippen molar-refractivity contribution in [2.75, 3.05) is 19.8 Å². The number of hydrogen-bond donors (Lipinski definition) is 1. The van der Waals surface area contributed by atoms with Crippen LogP contribution in [-0.2, 0) is 20.8 Å². The predicted octanol–water partition coefficient (Wildman–Crippen LogP) is 1.36. The van der Waals surface area contributed by atoms with Gasteiger partial charge in [-0.3, -0.25) is 9.48 Å². The van der Waals surface area contributed by atoms with Gasteiger partial charge in [0.2, 0.25) is 0 Å². The molecule has 3 aliphatic rings. The lowest BCUT2D eigenvalue weighted by molar-refractivity contribution is -0.157. The van der Waals surface area contributed by atoms with E-state index in [9.17, 15) is 4.79 Å². The van der Waals surface area contributed by atoms with Crippen LogP contribution in [0.2, 0.25) is 0 Å². The molecule has 5 rings (SSSR count). The Bertz CT molecular complexity index is 854. The summed E-state index contributed by atoms with van der Waals surface area (Å²) in [6.07, 6.45) is 12.4. The summed E-state index contributed by atoms with van der Waals surface area (Å²) in [5, 5.41) is 11.7. The Hall–Kier alpha value is -2.39. The van der Waals surface area contributed by atoms with Crippen molar-refractivity contribution in [2.24, 2.45) is 5.41 Å². The molecule has 0 radical (unpaired) electrons. The highest BCUT2D eigenvalue weighted by molar-refractivity contribution is 5.86. The van der Waals surface area contributed by atoms with Gasteiger partial charge in [0.15, 0.2) is 5.60 Å². The van der Waals surface area contributed by atoms with Crippen LogP contribution in [0.15, 0.2) is 24.9 Å². The summed E-state index contributed by atoms with van der Waals surface area (Å²) < 4.78 is 13.6. The second-order valence-corrected chi connectivity index (χ2v) is 8.45. The molecule has 1 saturated carbocycles. The quantitative estimate of drug-likeness (QED) is 0.751. The first-order chi connectivity index (χ1) is 14.2. The van der Waals surface area contributed by atoms with Crippen LogP contribution < -0.4 is 5.32 Å². The van der Waals surface area contributed by atoms with Gasteiger partial charge >= 0.3 is 0 Å². The molecule has 1 aliphatic carbocycles. The third kappa shape index (κ3) is 3.64. The zero-order valence-corrected chi connectivity index (χ0v) is 16.4. The summed E-state index contributed by atoms with van der Waals surface area (Å²) >= 11 is 0. The van der Waals surface area contributed by atoms with E-state index in [4.69, 9.17) is 9.47 Å². The molecule has 2 atom stereocenters. The third-order valence-electron chi connectivity index (χ3n) is 6.36. The highest BCUT2D eigenvalue weighted by Crippen LogP contribution is 2.47. The van der Waals surface area contributed by atoms with Gasteiger partial charge in [-0.05, 0) is 38.5 Å². The first kappa shape index (κ1) is 18.6. The molecular weight excluding hydrogens is 372 g/mol. The van der Waals surface area contributed by atoms with E-state index in [2.05, 4.69) is 25.6 Å². The van der Waals surface area contributed by atoms with E-state index in [0.717, 1.165) is 56.3 Å². The van der Waals surface area contributed by atoms with Crippen molar-refractivity contribution in [1.82, 2.24) is 30.3 Å². The van der Waals surface area contributed by atoms with Gasteiger partial charge in [-0.25, -0.2) is 9.97 Å². The van der Waals surface area contributed by atoms with Crippen LogP contribution in [0.25, 0.3) is 11.3 Å². The lowest BCUT2D eigenvalue weighted by Crippen LogP contribution is -2.55. The Morgan fingerprint density at radius 2 is 2.07 bits per heavy atom. The van der Waals surface area contributed by atoms with Gasteiger partial charge < -0.3 is 14.8 Å². The smallest absolute Gasteiger partial charge is 0.255 e. The zero-order chi connectivity index (χ0) is 19.7. The summed E-state index contributed by atoms with van der Waals surface area (Å²) in [4.78, 5) is 21.2. The highest BCUT2D eigenvalue weighted by Gasteiger charge is 2.52. The van der Waals surface area contributed by atoms with E-state index < -0.39 is 5.60 Å². The van der Waals surface area contributed by atoms with E-state index in [0.29, 0.717) is 19.8 Å². The van der Waals surface area contributed by atoms with Gasteiger partial charge in [0.1, 0.15) is 12.0 Å². The molecule has 0 bridgehead atoms. The van der Waals surface area contributed by atoms with E-state index in [1.165, 1.54) is 6.33 Å². The van der Waals surface area contributed by atoms with Crippen molar-refractivity contribution < 1.29 is 14.3 Å². The van der Waals surface area contributed by atoms with Gasteiger partial charge in [-0.15, -0.1) is 5.10 Å². The van der Waals surface area contributed by atoms with Crippen LogP contribution >= 0.6 is 0 Å². The Kier molecular flexibility index (Phi) is 4.79. The minimum Gasteiger partial charge on any atom is -0.375 e. The zero-order valence-electron chi connectivity index (χ0n) is 16.4. The lowest BCUT2D eigenvalue weighted by Gasteiger charge is -2.33. The number of carbonyl (C=O) groups is 1. The van der Waals surface area contributed by atoms with Gasteiger partial charge in [0.25, 0.3) is 5.91 Å². The van der Waals surface area contributed by atoms with Crippen LogP contribution in [0.5, 0.6) is 0 Å². The monoisotopic (exact) mass is 398 g/mol. The molecule has 2 saturated heterocycles. The number of ether oxygens (including phenoxy) is 2. The SMILES string of the molecule is O=C(NCC1(Cn2cc(-c3cncnc3)nn2)CC1)C1(C2CCCO2)CCCO1. The van der Waals surface area contributed by atoms with Crippen LogP contribution in [0.1, 0.15) is 38.5 Å². The Balaban J connectivity index is 1.22. The molecule has 2 aromatic heterocycles. The Morgan fingerprint density at radius 3 is 2.76 bits per heavy atom. The molecule has 0 aromatic carbocycles. The van der Waals surface area contributed by atoms with Crippen molar-refractivity contribution in [3.05, 3.63) is 24.9 Å². The maximum Gasteiger partial charge on any atom is 0.255 e. The predicted molar refractivity (Wildman–Crippen MR) is 103 cm³/mol. The second-order valence-electron chi connectivity index (χ2n) is 8.45. The van der Waals surface area contributed by atoms with Gasteiger partial charge in [-0.1, -0.05) is 5.21 Å². The van der Waals surface area contributed by atoms with E-state index in [-0.39, 0.29) is 17.4 Å². The largest absolute Gasteiger partial charge is 0.375 e. The molecular formula is C20H26N6O3. The summed E-state index contributed by atoms with van der Waals surface area (Å²) in [6.45, 7) is 2.69. The van der Waals surface area contributed by atoms with Crippen molar-refractivity contribution in [3.8, 4) is 11.3 Å². The number of nitrogens with zero attached hydrogens (tertiary/aromatic N) is 5. The summed E-state index contributed by atoms with van der Waals surface area (Å²) in [7, 11) is 0. The first-order valence-corrected chi connectivity index (χ1v) is 10.4. The van der Waals surface area contributed by atoms with Crippen LogP contribution in [-0.4, -0.2) is 62.3 Å². The fourth-order valence-corrected chi connectivity index (χ4v) is 4.45. The van der Waals surface area contributed by atoms with Crippen LogP contribution in [0.4, 0.5) is 0 Å². The van der Waals surface area contributed by atoms with E-state index >= 15 is 0 Å². The number of carbonyl (C=O) groups excluding carboxylic acids is 1. The second kappa shape index (κ2) is 7.46. The number of nitrogens with one attached hydrogen (secondary N) is 1. The third-order valence-corrected chi connectivity index (χ3v) is 6.36.